The number of hydrogen-bond donors (Lipinski definition) is 1. The van der Waals surface area contributed by atoms with E-state index in [9.17, 15) is 9.59 Å². The summed E-state index contributed by atoms with van der Waals surface area (Å²) in [6.07, 6.45) is 4.32. The van der Waals surface area contributed by atoms with Gasteiger partial charge >= 0.3 is 0 Å². The molecule has 0 aliphatic carbocycles. The number of piperidine rings is 1. The third-order valence-electron chi connectivity index (χ3n) is 4.96. The molecule has 2 aliphatic rings. The lowest BCUT2D eigenvalue weighted by Gasteiger charge is -2.33. The van der Waals surface area contributed by atoms with Gasteiger partial charge in [0.2, 0.25) is 11.8 Å². The van der Waals surface area contributed by atoms with Crippen molar-refractivity contribution in [2.75, 3.05) is 26.3 Å². The monoisotopic (exact) mass is 360 g/mol. The van der Waals surface area contributed by atoms with E-state index in [1.807, 2.05) is 35.2 Å². The lowest BCUT2D eigenvalue weighted by atomic mass is 10.0. The molecule has 0 bridgehead atoms. The Labute approximate surface area is 154 Å². The molecule has 2 amide bonds. The molecular formula is C20H28N2O4. The first-order valence-corrected chi connectivity index (χ1v) is 9.60. The van der Waals surface area contributed by atoms with Gasteiger partial charge in [0, 0.05) is 32.2 Å². The maximum Gasteiger partial charge on any atom is 0.249 e. The van der Waals surface area contributed by atoms with Crippen LogP contribution in [0.4, 0.5) is 0 Å². The van der Waals surface area contributed by atoms with Crippen molar-refractivity contribution >= 4 is 11.8 Å². The highest BCUT2D eigenvalue weighted by atomic mass is 16.5. The zero-order valence-electron chi connectivity index (χ0n) is 15.2. The van der Waals surface area contributed by atoms with Gasteiger partial charge in [0.1, 0.15) is 11.9 Å². The number of likely N-dealkylation sites (tertiary alicyclic amines) is 1. The number of nitrogens with zero attached hydrogens (tertiary/aromatic N) is 1. The number of carbonyl (C=O) groups is 2. The minimum Gasteiger partial charge on any atom is -0.494 e. The maximum atomic E-state index is 12.3. The van der Waals surface area contributed by atoms with Gasteiger partial charge in [-0.3, -0.25) is 9.59 Å². The third-order valence-corrected chi connectivity index (χ3v) is 4.96. The van der Waals surface area contributed by atoms with E-state index in [2.05, 4.69) is 5.32 Å². The Morgan fingerprint density at radius 3 is 2.62 bits per heavy atom. The van der Waals surface area contributed by atoms with Crippen molar-refractivity contribution in [1.29, 1.82) is 0 Å². The normalized spacial score (nSPS) is 20.8. The molecule has 1 unspecified atom stereocenters. The number of hydrogen-bond acceptors (Lipinski definition) is 4. The topological polar surface area (TPSA) is 67.9 Å². The van der Waals surface area contributed by atoms with Gasteiger partial charge in [0.15, 0.2) is 0 Å². The van der Waals surface area contributed by atoms with Crippen LogP contribution in [0.2, 0.25) is 0 Å². The molecule has 0 saturated carbocycles. The Morgan fingerprint density at radius 1 is 1.15 bits per heavy atom. The van der Waals surface area contributed by atoms with Crippen molar-refractivity contribution in [3.8, 4) is 5.75 Å². The molecule has 2 heterocycles. The molecular weight excluding hydrogens is 332 g/mol. The van der Waals surface area contributed by atoms with E-state index in [-0.39, 0.29) is 24.0 Å². The molecule has 6 nitrogen and oxygen atoms in total. The second-order valence-corrected chi connectivity index (χ2v) is 6.93. The number of amides is 2. The molecule has 1 aromatic carbocycles. The van der Waals surface area contributed by atoms with Crippen LogP contribution in [0.5, 0.6) is 5.75 Å². The van der Waals surface area contributed by atoms with E-state index in [0.717, 1.165) is 31.4 Å². The number of benzene rings is 1. The fourth-order valence-electron chi connectivity index (χ4n) is 3.44. The van der Waals surface area contributed by atoms with Crippen LogP contribution >= 0.6 is 0 Å². The average molecular weight is 360 g/mol. The molecule has 2 aliphatic heterocycles. The Balaban J connectivity index is 1.30. The molecule has 2 fully saturated rings. The maximum absolute atomic E-state index is 12.3. The summed E-state index contributed by atoms with van der Waals surface area (Å²) in [5.41, 5.74) is 0. The van der Waals surface area contributed by atoms with Crippen LogP contribution in [0.15, 0.2) is 30.3 Å². The van der Waals surface area contributed by atoms with Crippen LogP contribution in [0.3, 0.4) is 0 Å². The molecule has 0 aromatic heterocycles. The summed E-state index contributed by atoms with van der Waals surface area (Å²) < 4.78 is 11.0. The third kappa shape index (κ3) is 5.46. The van der Waals surface area contributed by atoms with E-state index in [4.69, 9.17) is 9.47 Å². The Kier molecular flexibility index (Phi) is 6.89. The largest absolute Gasteiger partial charge is 0.494 e. The van der Waals surface area contributed by atoms with Gasteiger partial charge in [-0.2, -0.15) is 0 Å². The predicted molar refractivity (Wildman–Crippen MR) is 97.9 cm³/mol. The molecule has 1 atom stereocenters. The van der Waals surface area contributed by atoms with Crippen LogP contribution in [-0.4, -0.2) is 55.2 Å². The number of para-hydroxylation sites is 1. The van der Waals surface area contributed by atoms with Gasteiger partial charge in [-0.05, 0) is 44.2 Å². The minimum atomic E-state index is -0.278. The quantitative estimate of drug-likeness (QED) is 0.757. The van der Waals surface area contributed by atoms with Gasteiger partial charge in [0.05, 0.1) is 6.61 Å². The first-order valence-electron chi connectivity index (χ1n) is 9.60. The highest BCUT2D eigenvalue weighted by Gasteiger charge is 2.28. The molecule has 142 valence electrons. The molecule has 1 N–H and O–H groups in total. The van der Waals surface area contributed by atoms with Crippen molar-refractivity contribution in [3.63, 3.8) is 0 Å². The average Bonchev–Trinajstić information content (AvgIpc) is 3.21. The Bertz CT molecular complexity index is 579. The molecule has 6 heteroatoms. The summed E-state index contributed by atoms with van der Waals surface area (Å²) in [5, 5.41) is 3.07. The summed E-state index contributed by atoms with van der Waals surface area (Å²) in [6, 6.07) is 9.79. The molecule has 3 rings (SSSR count). The van der Waals surface area contributed by atoms with Crippen LogP contribution in [0.25, 0.3) is 0 Å². The summed E-state index contributed by atoms with van der Waals surface area (Å²) in [4.78, 5) is 26.3. The zero-order chi connectivity index (χ0) is 18.2. The first kappa shape index (κ1) is 18.7. The van der Waals surface area contributed by atoms with Gasteiger partial charge in [0.25, 0.3) is 0 Å². The SMILES string of the molecule is O=C(NC1CCN(C(=O)CCCOc2ccccc2)CC1)C1CCCO1. The highest BCUT2D eigenvalue weighted by molar-refractivity contribution is 5.81. The van der Waals surface area contributed by atoms with E-state index in [1.165, 1.54) is 0 Å². The second-order valence-electron chi connectivity index (χ2n) is 6.93. The standard InChI is InChI=1S/C20H28N2O4/c23-19(9-5-14-25-17-6-2-1-3-7-17)22-12-10-16(11-13-22)21-20(24)18-8-4-15-26-18/h1-3,6-7,16,18H,4-5,8-15H2,(H,21,24). The number of ether oxygens (including phenoxy) is 2. The van der Waals surface area contributed by atoms with E-state index >= 15 is 0 Å². The van der Waals surface area contributed by atoms with Crippen molar-refractivity contribution in [2.45, 2.75) is 50.7 Å². The van der Waals surface area contributed by atoms with Crippen LogP contribution in [0.1, 0.15) is 38.5 Å². The van der Waals surface area contributed by atoms with Gasteiger partial charge < -0.3 is 19.7 Å². The van der Waals surface area contributed by atoms with Crippen molar-refractivity contribution < 1.29 is 19.1 Å². The van der Waals surface area contributed by atoms with Gasteiger partial charge in [-0.1, -0.05) is 18.2 Å². The highest BCUT2D eigenvalue weighted by Crippen LogP contribution is 2.16. The van der Waals surface area contributed by atoms with E-state index < -0.39 is 0 Å². The second kappa shape index (κ2) is 9.57. The molecule has 0 spiro atoms. The minimum absolute atomic E-state index is 0.00494. The molecule has 2 saturated heterocycles. The molecule has 0 radical (unpaired) electrons. The summed E-state index contributed by atoms with van der Waals surface area (Å²) in [6.45, 7) is 2.63. The van der Waals surface area contributed by atoms with Crippen LogP contribution < -0.4 is 10.1 Å². The zero-order valence-corrected chi connectivity index (χ0v) is 15.2. The number of rotatable bonds is 7. The summed E-state index contributed by atoms with van der Waals surface area (Å²) >= 11 is 0. The fraction of sp³-hybridized carbons (Fsp3) is 0.600. The predicted octanol–water partition coefficient (Wildman–Crippen LogP) is 2.13. The summed E-state index contributed by atoms with van der Waals surface area (Å²) in [5.74, 6) is 1.01. The van der Waals surface area contributed by atoms with Crippen molar-refractivity contribution in [3.05, 3.63) is 30.3 Å². The summed E-state index contributed by atoms with van der Waals surface area (Å²) in [7, 11) is 0. The van der Waals surface area contributed by atoms with Crippen LogP contribution in [-0.2, 0) is 14.3 Å². The Hall–Kier alpha value is -2.08. The number of nitrogens with one attached hydrogen (secondary N) is 1. The number of carbonyl (C=O) groups excluding carboxylic acids is 2. The molecule has 1 aromatic rings. The van der Waals surface area contributed by atoms with Gasteiger partial charge in [-0.25, -0.2) is 0 Å². The van der Waals surface area contributed by atoms with Gasteiger partial charge in [-0.15, -0.1) is 0 Å². The van der Waals surface area contributed by atoms with E-state index in [1.54, 1.807) is 0 Å². The lowest BCUT2D eigenvalue weighted by Crippen LogP contribution is -2.48. The lowest BCUT2D eigenvalue weighted by molar-refractivity contribution is -0.133. The van der Waals surface area contributed by atoms with Crippen LogP contribution in [0, 0.1) is 0 Å². The fourth-order valence-corrected chi connectivity index (χ4v) is 3.44. The smallest absolute Gasteiger partial charge is 0.249 e. The Morgan fingerprint density at radius 2 is 1.92 bits per heavy atom. The van der Waals surface area contributed by atoms with Crippen molar-refractivity contribution in [2.24, 2.45) is 0 Å². The van der Waals surface area contributed by atoms with E-state index in [0.29, 0.717) is 39.1 Å². The first-order chi connectivity index (χ1) is 12.7. The van der Waals surface area contributed by atoms with Crippen molar-refractivity contribution in [1.82, 2.24) is 10.2 Å². The molecule has 26 heavy (non-hydrogen) atoms.